The monoisotopic (exact) mass is 581 g/mol. The Bertz CT molecular complexity index is 1620. The van der Waals surface area contributed by atoms with E-state index in [0.29, 0.717) is 25.6 Å². The van der Waals surface area contributed by atoms with Gasteiger partial charge in [-0.25, -0.2) is 15.0 Å². The highest BCUT2D eigenvalue weighted by Crippen LogP contribution is 2.30. The van der Waals surface area contributed by atoms with Crippen LogP contribution in [0, 0.1) is 11.8 Å². The van der Waals surface area contributed by atoms with E-state index < -0.39 is 6.35 Å². The summed E-state index contributed by atoms with van der Waals surface area (Å²) < 4.78 is 5.49. The topological polar surface area (TPSA) is 144 Å². The van der Waals surface area contributed by atoms with Gasteiger partial charge in [-0.2, -0.15) is 0 Å². The van der Waals surface area contributed by atoms with Crippen molar-refractivity contribution < 1.29 is 14.6 Å². The van der Waals surface area contributed by atoms with Gasteiger partial charge in [-0.15, -0.1) is 0 Å². The van der Waals surface area contributed by atoms with E-state index >= 15 is 0 Å². The number of aliphatic hydroxyl groups excluding tert-OH is 1. The minimum absolute atomic E-state index is 0.0333. The normalized spacial score (nSPS) is 17.6. The zero-order chi connectivity index (χ0) is 29.6. The minimum Gasteiger partial charge on any atom is -0.378 e. The Morgan fingerprint density at radius 1 is 1.07 bits per heavy atom. The number of nitrogens with zero attached hydrogens (tertiary/aromatic N) is 5. The van der Waals surface area contributed by atoms with Crippen LogP contribution >= 0.6 is 0 Å². The molecule has 43 heavy (non-hydrogen) atoms. The molecule has 0 radical (unpaired) electrons. The number of amides is 1. The van der Waals surface area contributed by atoms with Crippen LogP contribution in [0.2, 0.25) is 0 Å². The van der Waals surface area contributed by atoms with Gasteiger partial charge in [-0.3, -0.25) is 4.79 Å². The first kappa shape index (κ1) is 28.3. The molecule has 2 saturated heterocycles. The van der Waals surface area contributed by atoms with Gasteiger partial charge in [0.15, 0.2) is 0 Å². The van der Waals surface area contributed by atoms with Crippen molar-refractivity contribution >= 4 is 40.0 Å². The summed E-state index contributed by atoms with van der Waals surface area (Å²) in [7, 11) is 0. The fourth-order valence-electron chi connectivity index (χ4n) is 5.55. The molecule has 2 fully saturated rings. The Morgan fingerprint density at radius 2 is 1.91 bits per heavy atom. The molecule has 12 heteroatoms. The van der Waals surface area contributed by atoms with Crippen molar-refractivity contribution in [2.24, 2.45) is 0 Å². The van der Waals surface area contributed by atoms with Gasteiger partial charge in [0.25, 0.3) is 5.91 Å². The zero-order valence-electron chi connectivity index (χ0n) is 24.0. The fraction of sp³-hybridized carbons (Fsp3) is 0.355. The molecule has 12 nitrogen and oxygen atoms in total. The fourth-order valence-corrected chi connectivity index (χ4v) is 5.55. The number of aliphatic hydroxyl groups is 1. The molecule has 2 aliphatic heterocycles. The summed E-state index contributed by atoms with van der Waals surface area (Å²) in [5, 5.41) is 20.8. The first-order chi connectivity index (χ1) is 21.1. The van der Waals surface area contributed by atoms with Crippen LogP contribution in [0.25, 0.3) is 22.3 Å². The van der Waals surface area contributed by atoms with Crippen molar-refractivity contribution in [2.45, 2.75) is 32.2 Å². The van der Waals surface area contributed by atoms with Crippen LogP contribution in [0.3, 0.4) is 0 Å². The lowest BCUT2D eigenvalue weighted by Crippen LogP contribution is -2.47. The maximum absolute atomic E-state index is 11.9. The molecule has 0 aliphatic carbocycles. The summed E-state index contributed by atoms with van der Waals surface area (Å²) in [5.74, 6) is 6.38. The second kappa shape index (κ2) is 13.0. The predicted octanol–water partition coefficient (Wildman–Crippen LogP) is 2.76. The van der Waals surface area contributed by atoms with Crippen LogP contribution in [-0.2, 0) is 9.53 Å². The van der Waals surface area contributed by atoms with Crippen molar-refractivity contribution in [3.05, 3.63) is 55.0 Å². The molecule has 2 aliphatic rings. The molecule has 2 unspecified atom stereocenters. The number of rotatable bonds is 8. The number of benzene rings is 1. The molecule has 5 heterocycles. The SMILES string of the molecule is CC#CC(=O)NC1CCCN(c2ccnc(NC(O)Nc3ccc(-c4cc5c(N6CCOCC6)ncnc5[nH]4)cc3)c2)C1. The number of carbonyl (C=O) groups is 1. The lowest BCUT2D eigenvalue weighted by atomic mass is 10.0. The Kier molecular flexibility index (Phi) is 8.53. The third-order valence-corrected chi connectivity index (χ3v) is 7.60. The number of nitrogens with one attached hydrogen (secondary N) is 4. The van der Waals surface area contributed by atoms with Crippen LogP contribution in [-0.4, -0.2) is 82.7 Å². The number of fused-ring (bicyclic) bond motifs is 1. The maximum atomic E-state index is 11.9. The molecule has 6 rings (SSSR count). The molecule has 4 aromatic rings. The average molecular weight is 582 g/mol. The summed E-state index contributed by atoms with van der Waals surface area (Å²) >= 11 is 0. The van der Waals surface area contributed by atoms with E-state index in [0.717, 1.165) is 72.0 Å². The molecule has 0 bridgehead atoms. The third-order valence-electron chi connectivity index (χ3n) is 7.60. The molecule has 0 spiro atoms. The number of hydrogen-bond acceptors (Lipinski definition) is 10. The van der Waals surface area contributed by atoms with Crippen molar-refractivity contribution in [3.63, 3.8) is 0 Å². The van der Waals surface area contributed by atoms with Gasteiger partial charge in [-0.1, -0.05) is 18.1 Å². The molecular formula is C31H35N9O3. The van der Waals surface area contributed by atoms with Crippen LogP contribution < -0.4 is 25.8 Å². The van der Waals surface area contributed by atoms with Gasteiger partial charge < -0.3 is 40.6 Å². The van der Waals surface area contributed by atoms with Crippen LogP contribution in [0.4, 0.5) is 23.0 Å². The summed E-state index contributed by atoms with van der Waals surface area (Å²) in [6.45, 7) is 6.20. The van der Waals surface area contributed by atoms with E-state index in [1.165, 1.54) is 0 Å². The lowest BCUT2D eigenvalue weighted by molar-refractivity contribution is -0.116. The number of carbonyl (C=O) groups excluding carboxylic acids is 1. The first-order valence-corrected chi connectivity index (χ1v) is 14.5. The van der Waals surface area contributed by atoms with E-state index in [1.807, 2.05) is 36.4 Å². The summed E-state index contributed by atoms with van der Waals surface area (Å²) in [4.78, 5) is 33.1. The maximum Gasteiger partial charge on any atom is 0.296 e. The Morgan fingerprint density at radius 3 is 2.72 bits per heavy atom. The van der Waals surface area contributed by atoms with Gasteiger partial charge >= 0.3 is 0 Å². The van der Waals surface area contributed by atoms with Crippen LogP contribution in [0.5, 0.6) is 0 Å². The Hall–Kier alpha value is -4.86. The van der Waals surface area contributed by atoms with E-state index in [-0.39, 0.29) is 11.9 Å². The summed E-state index contributed by atoms with van der Waals surface area (Å²) in [6.07, 6.45) is 4.10. The van der Waals surface area contributed by atoms with Crippen LogP contribution in [0.15, 0.2) is 55.0 Å². The quantitative estimate of drug-likeness (QED) is 0.156. The molecule has 2 atom stereocenters. The van der Waals surface area contributed by atoms with Gasteiger partial charge in [-0.05, 0) is 55.5 Å². The number of aromatic amines is 1. The van der Waals surface area contributed by atoms with Crippen molar-refractivity contribution in [1.29, 1.82) is 0 Å². The van der Waals surface area contributed by atoms with Gasteiger partial charge in [0.1, 0.15) is 23.6 Å². The summed E-state index contributed by atoms with van der Waals surface area (Å²) in [5.41, 5.74) is 4.43. The van der Waals surface area contributed by atoms with Crippen molar-refractivity contribution in [1.82, 2.24) is 25.3 Å². The smallest absolute Gasteiger partial charge is 0.296 e. The largest absolute Gasteiger partial charge is 0.378 e. The Balaban J connectivity index is 1.07. The lowest BCUT2D eigenvalue weighted by Gasteiger charge is -2.34. The number of aromatic nitrogens is 4. The van der Waals surface area contributed by atoms with Crippen molar-refractivity contribution in [3.8, 4) is 23.1 Å². The summed E-state index contributed by atoms with van der Waals surface area (Å²) in [6, 6.07) is 13.7. The van der Waals surface area contributed by atoms with E-state index in [1.54, 1.807) is 19.4 Å². The van der Waals surface area contributed by atoms with Crippen molar-refractivity contribution in [2.75, 3.05) is 59.8 Å². The van der Waals surface area contributed by atoms with Gasteiger partial charge in [0.2, 0.25) is 6.35 Å². The van der Waals surface area contributed by atoms with E-state index in [2.05, 4.69) is 63.6 Å². The average Bonchev–Trinajstić information content (AvgIpc) is 3.47. The molecule has 0 saturated carbocycles. The molecule has 1 aromatic carbocycles. The van der Waals surface area contributed by atoms with Gasteiger partial charge in [0.05, 0.1) is 18.6 Å². The zero-order valence-corrected chi connectivity index (χ0v) is 24.0. The molecule has 5 N–H and O–H groups in total. The number of anilines is 4. The number of pyridine rings is 1. The second-order valence-electron chi connectivity index (χ2n) is 10.5. The number of morpholine rings is 1. The number of piperidine rings is 1. The predicted molar refractivity (Wildman–Crippen MR) is 167 cm³/mol. The van der Waals surface area contributed by atoms with Crippen LogP contribution in [0.1, 0.15) is 19.8 Å². The number of H-pyrrole nitrogens is 1. The molecule has 222 valence electrons. The highest BCUT2D eigenvalue weighted by molar-refractivity contribution is 5.93. The highest BCUT2D eigenvalue weighted by atomic mass is 16.5. The first-order valence-electron chi connectivity index (χ1n) is 14.5. The number of hydrogen-bond donors (Lipinski definition) is 5. The van der Waals surface area contributed by atoms with Gasteiger partial charge in [0, 0.05) is 61.6 Å². The second-order valence-corrected chi connectivity index (χ2v) is 10.5. The minimum atomic E-state index is -1.06. The van der Waals surface area contributed by atoms with E-state index in [4.69, 9.17) is 4.74 Å². The highest BCUT2D eigenvalue weighted by Gasteiger charge is 2.22. The molecule has 3 aromatic heterocycles. The number of ether oxygens (including phenoxy) is 1. The molecule has 1 amide bonds. The molecular weight excluding hydrogens is 546 g/mol. The standard InChI is InChI=1S/C31H35N9O3/c1-2-4-28(41)35-23-5-3-12-40(19-23)24-10-11-32-27(17-24)38-31(42)36-22-8-6-21(7-9-22)26-18-25-29(37-26)33-20-34-30(25)39-13-15-43-16-14-39/h6-11,17-18,20,23,31,36,42H,3,5,12-16,19H2,1H3,(H,32,38)(H,35,41)(H,33,34,37). The third kappa shape index (κ3) is 6.80. The van der Waals surface area contributed by atoms with E-state index in [9.17, 15) is 9.90 Å². The Labute approximate surface area is 249 Å².